The van der Waals surface area contributed by atoms with Crippen molar-refractivity contribution in [3.8, 4) is 5.69 Å². The third-order valence-electron chi connectivity index (χ3n) is 5.80. The van der Waals surface area contributed by atoms with E-state index in [4.69, 9.17) is 11.6 Å². The summed E-state index contributed by atoms with van der Waals surface area (Å²) in [5.74, 6) is 1.22. The maximum Gasteiger partial charge on any atom is 0.257 e. The number of benzene rings is 1. The van der Waals surface area contributed by atoms with Gasteiger partial charge in [0.05, 0.1) is 23.1 Å². The molecule has 7 heteroatoms. The van der Waals surface area contributed by atoms with Crippen LogP contribution in [-0.4, -0.2) is 47.3 Å². The Morgan fingerprint density at radius 1 is 1.25 bits per heavy atom. The molecule has 152 valence electrons. The molecule has 4 rings (SSSR count). The third-order valence-corrected chi connectivity index (χ3v) is 6.20. The quantitative estimate of drug-likeness (QED) is 0.784. The molecule has 1 amide bonds. The number of aryl methyl sites for hydroxylation is 1. The van der Waals surface area contributed by atoms with Crippen LogP contribution in [0.1, 0.15) is 53.2 Å². The molecular weight excluding hydrogens is 395 g/mol. The molecule has 2 fully saturated rings. The Balaban J connectivity index is 0.00000225. The number of likely N-dealkylation sites (tertiary alicyclic amines) is 1. The Kier molecular flexibility index (Phi) is 6.69. The molecule has 0 radical (unpaired) electrons. The van der Waals surface area contributed by atoms with E-state index in [0.717, 1.165) is 72.8 Å². The number of hydrogen-bond donors (Lipinski definition) is 1. The summed E-state index contributed by atoms with van der Waals surface area (Å²) in [6.45, 7) is 4.68. The molecular formula is C21H28Cl2N4O. The van der Waals surface area contributed by atoms with Crippen LogP contribution in [0, 0.1) is 12.8 Å². The molecule has 28 heavy (non-hydrogen) atoms. The van der Waals surface area contributed by atoms with E-state index < -0.39 is 0 Å². The molecule has 1 aliphatic heterocycles. The van der Waals surface area contributed by atoms with Crippen LogP contribution in [0.5, 0.6) is 0 Å². The molecule has 2 heterocycles. The number of amides is 1. The summed E-state index contributed by atoms with van der Waals surface area (Å²) in [5.41, 5.74) is 3.79. The summed E-state index contributed by atoms with van der Waals surface area (Å²) in [5, 5.41) is 8.55. The molecule has 1 saturated heterocycles. The van der Waals surface area contributed by atoms with Gasteiger partial charge in [0.2, 0.25) is 0 Å². The zero-order valence-corrected chi connectivity index (χ0v) is 18.0. The van der Waals surface area contributed by atoms with Crippen LogP contribution < -0.4 is 5.32 Å². The molecule has 1 aromatic carbocycles. The smallest absolute Gasteiger partial charge is 0.257 e. The SMILES string of the molecule is CNCC1CCN(C(=O)c2cnn(-c3ccc(C)c(Cl)c3)c2C2CC2)CC1.Cl. The summed E-state index contributed by atoms with van der Waals surface area (Å²) in [6.07, 6.45) is 6.12. The molecule has 1 N–H and O–H groups in total. The fourth-order valence-corrected chi connectivity index (χ4v) is 4.17. The Labute approximate surface area is 177 Å². The Hall–Kier alpha value is -1.56. The van der Waals surface area contributed by atoms with Crippen molar-refractivity contribution in [2.75, 3.05) is 26.7 Å². The first-order valence-corrected chi connectivity index (χ1v) is 10.2. The summed E-state index contributed by atoms with van der Waals surface area (Å²) in [7, 11) is 1.99. The molecule has 0 bridgehead atoms. The first-order chi connectivity index (χ1) is 13.1. The lowest BCUT2D eigenvalue weighted by molar-refractivity contribution is 0.0689. The maximum absolute atomic E-state index is 13.2. The lowest BCUT2D eigenvalue weighted by atomic mass is 9.96. The predicted molar refractivity (Wildman–Crippen MR) is 115 cm³/mol. The highest BCUT2D eigenvalue weighted by Gasteiger charge is 2.35. The number of halogens is 2. The predicted octanol–water partition coefficient (Wildman–Crippen LogP) is 4.20. The van der Waals surface area contributed by atoms with Crippen LogP contribution in [0.2, 0.25) is 5.02 Å². The number of rotatable bonds is 5. The molecule has 5 nitrogen and oxygen atoms in total. The molecule has 0 unspecified atom stereocenters. The van der Waals surface area contributed by atoms with Crippen molar-refractivity contribution >= 4 is 29.9 Å². The van der Waals surface area contributed by atoms with Crippen LogP contribution in [0.25, 0.3) is 5.69 Å². The van der Waals surface area contributed by atoms with E-state index in [1.54, 1.807) is 6.20 Å². The normalized spacial score (nSPS) is 17.5. The van der Waals surface area contributed by atoms with Crippen LogP contribution in [0.3, 0.4) is 0 Å². The minimum Gasteiger partial charge on any atom is -0.339 e. The summed E-state index contributed by atoms with van der Waals surface area (Å²) >= 11 is 6.32. The van der Waals surface area contributed by atoms with E-state index in [1.807, 2.05) is 41.8 Å². The molecule has 0 spiro atoms. The topological polar surface area (TPSA) is 50.2 Å². The van der Waals surface area contributed by atoms with Gasteiger partial charge in [0.15, 0.2) is 0 Å². The summed E-state index contributed by atoms with van der Waals surface area (Å²) < 4.78 is 1.92. The second kappa shape index (κ2) is 8.85. The van der Waals surface area contributed by atoms with Crippen LogP contribution in [0.15, 0.2) is 24.4 Å². The molecule has 2 aliphatic rings. The van der Waals surface area contributed by atoms with Gasteiger partial charge in [0, 0.05) is 24.0 Å². The Bertz CT molecular complexity index is 839. The number of nitrogens with one attached hydrogen (secondary N) is 1. The average Bonchev–Trinajstić information content (AvgIpc) is 3.42. The van der Waals surface area contributed by atoms with Gasteiger partial charge in [-0.1, -0.05) is 17.7 Å². The van der Waals surface area contributed by atoms with Crippen molar-refractivity contribution in [2.24, 2.45) is 5.92 Å². The Morgan fingerprint density at radius 3 is 2.57 bits per heavy atom. The van der Waals surface area contributed by atoms with E-state index in [0.29, 0.717) is 11.8 Å². The minimum atomic E-state index is 0. The minimum absolute atomic E-state index is 0. The first-order valence-electron chi connectivity index (χ1n) is 9.86. The van der Waals surface area contributed by atoms with Gasteiger partial charge in [-0.3, -0.25) is 4.79 Å². The standard InChI is InChI=1S/C21H27ClN4O.ClH/c1-14-3-6-17(11-19(14)22)26-20(16-4-5-16)18(13-24-26)21(27)25-9-7-15(8-10-25)12-23-2;/h3,6,11,13,15-16,23H,4-5,7-10,12H2,1-2H3;1H. The lowest BCUT2D eigenvalue weighted by Gasteiger charge is -2.32. The van der Waals surface area contributed by atoms with Crippen molar-refractivity contribution in [3.05, 3.63) is 46.2 Å². The van der Waals surface area contributed by atoms with E-state index in [9.17, 15) is 4.79 Å². The van der Waals surface area contributed by atoms with Crippen molar-refractivity contribution in [1.82, 2.24) is 20.0 Å². The zero-order valence-electron chi connectivity index (χ0n) is 16.4. The largest absolute Gasteiger partial charge is 0.339 e. The van der Waals surface area contributed by atoms with Gasteiger partial charge in [-0.15, -0.1) is 12.4 Å². The highest BCUT2D eigenvalue weighted by molar-refractivity contribution is 6.31. The number of nitrogens with zero attached hydrogens (tertiary/aromatic N) is 3. The molecule has 2 aromatic rings. The van der Waals surface area contributed by atoms with Crippen molar-refractivity contribution in [1.29, 1.82) is 0 Å². The average molecular weight is 423 g/mol. The molecule has 1 aromatic heterocycles. The zero-order chi connectivity index (χ0) is 19.0. The third kappa shape index (κ3) is 4.22. The summed E-state index contributed by atoms with van der Waals surface area (Å²) in [6, 6.07) is 5.97. The lowest BCUT2D eigenvalue weighted by Crippen LogP contribution is -2.40. The molecule has 1 aliphatic carbocycles. The van der Waals surface area contributed by atoms with E-state index in [1.165, 1.54) is 0 Å². The summed E-state index contributed by atoms with van der Waals surface area (Å²) in [4.78, 5) is 15.2. The van der Waals surface area contributed by atoms with Gasteiger partial charge in [-0.2, -0.15) is 5.10 Å². The highest BCUT2D eigenvalue weighted by Crippen LogP contribution is 2.43. The number of piperidine rings is 1. The van der Waals surface area contributed by atoms with Crippen LogP contribution in [0.4, 0.5) is 0 Å². The van der Waals surface area contributed by atoms with Gasteiger partial charge < -0.3 is 10.2 Å². The molecule has 0 atom stereocenters. The second-order valence-corrected chi connectivity index (χ2v) is 8.26. The van der Waals surface area contributed by atoms with Crippen molar-refractivity contribution in [3.63, 3.8) is 0 Å². The van der Waals surface area contributed by atoms with E-state index in [2.05, 4.69) is 10.4 Å². The molecule has 1 saturated carbocycles. The van der Waals surface area contributed by atoms with Gasteiger partial charge in [0.1, 0.15) is 0 Å². The number of aromatic nitrogens is 2. The van der Waals surface area contributed by atoms with Gasteiger partial charge >= 0.3 is 0 Å². The van der Waals surface area contributed by atoms with Crippen LogP contribution in [-0.2, 0) is 0 Å². The highest BCUT2D eigenvalue weighted by atomic mass is 35.5. The van der Waals surface area contributed by atoms with E-state index >= 15 is 0 Å². The van der Waals surface area contributed by atoms with Crippen LogP contribution >= 0.6 is 24.0 Å². The van der Waals surface area contributed by atoms with Crippen molar-refractivity contribution < 1.29 is 4.79 Å². The maximum atomic E-state index is 13.2. The van der Waals surface area contributed by atoms with E-state index in [-0.39, 0.29) is 18.3 Å². The van der Waals surface area contributed by atoms with Crippen molar-refractivity contribution in [2.45, 2.75) is 38.5 Å². The fraction of sp³-hybridized carbons (Fsp3) is 0.524. The Morgan fingerprint density at radius 2 is 1.96 bits per heavy atom. The number of carbonyl (C=O) groups excluding carboxylic acids is 1. The fourth-order valence-electron chi connectivity index (χ4n) is 3.99. The second-order valence-electron chi connectivity index (χ2n) is 7.86. The van der Waals surface area contributed by atoms with Gasteiger partial charge in [-0.05, 0) is 69.8 Å². The number of hydrogen-bond acceptors (Lipinski definition) is 3. The van der Waals surface area contributed by atoms with Gasteiger partial charge in [-0.25, -0.2) is 4.68 Å². The number of carbonyl (C=O) groups is 1. The first kappa shape index (κ1) is 21.2. The van der Waals surface area contributed by atoms with Gasteiger partial charge in [0.25, 0.3) is 5.91 Å². The monoisotopic (exact) mass is 422 g/mol.